The van der Waals surface area contributed by atoms with Crippen LogP contribution in [0.1, 0.15) is 24.3 Å². The van der Waals surface area contributed by atoms with Gasteiger partial charge in [0.25, 0.3) is 5.91 Å². The van der Waals surface area contributed by atoms with Gasteiger partial charge in [-0.1, -0.05) is 30.3 Å². The van der Waals surface area contributed by atoms with E-state index in [-0.39, 0.29) is 6.04 Å². The molecule has 0 saturated heterocycles. The summed E-state index contributed by atoms with van der Waals surface area (Å²) in [6.45, 7) is 1.72. The lowest BCUT2D eigenvalue weighted by Crippen LogP contribution is -2.92. The molecule has 2 amide bonds. The number of amides is 2. The normalized spacial score (nSPS) is 13.2. The molecule has 22 heavy (non-hydrogen) atoms. The van der Waals surface area contributed by atoms with Gasteiger partial charge in [0.2, 0.25) is 0 Å². The smallest absolute Gasteiger partial charge is 0.413 e. The summed E-state index contributed by atoms with van der Waals surface area (Å²) in [6.07, 6.45) is 0.831. The van der Waals surface area contributed by atoms with E-state index in [1.807, 2.05) is 41.7 Å². The van der Waals surface area contributed by atoms with Crippen LogP contribution in [0.15, 0.2) is 53.1 Å². The molecule has 6 heteroatoms. The number of quaternary nitrogens is 1. The van der Waals surface area contributed by atoms with Gasteiger partial charge in [0.1, 0.15) is 0 Å². The van der Waals surface area contributed by atoms with E-state index >= 15 is 0 Å². The Morgan fingerprint density at radius 2 is 1.91 bits per heavy atom. The monoisotopic (exact) mass is 303 g/mol. The van der Waals surface area contributed by atoms with E-state index in [1.54, 1.807) is 19.3 Å². The molecule has 0 aliphatic rings. The van der Waals surface area contributed by atoms with Crippen LogP contribution in [0.3, 0.4) is 0 Å². The van der Waals surface area contributed by atoms with Gasteiger partial charge in [0, 0.05) is 5.56 Å². The summed E-state index contributed by atoms with van der Waals surface area (Å²) in [4.78, 5) is 23.1. The van der Waals surface area contributed by atoms with Crippen LogP contribution in [0.25, 0.3) is 0 Å². The molecule has 0 unspecified atom stereocenters. The predicted octanol–water partition coefficient (Wildman–Crippen LogP) is 1.20. The molecule has 0 fully saturated rings. The molecule has 0 radical (unpaired) electrons. The van der Waals surface area contributed by atoms with E-state index in [9.17, 15) is 9.59 Å². The van der Waals surface area contributed by atoms with Crippen molar-refractivity contribution in [3.8, 4) is 0 Å². The first-order valence-electron chi connectivity index (χ1n) is 6.94. The fourth-order valence-electron chi connectivity index (χ4n) is 2.14. The molecule has 6 nitrogen and oxygen atoms in total. The van der Waals surface area contributed by atoms with E-state index in [1.165, 1.54) is 7.11 Å². The molecular weight excluding hydrogens is 284 g/mol. The second-order valence-corrected chi connectivity index (χ2v) is 4.87. The largest absolute Gasteiger partial charge is 0.463 e. The van der Waals surface area contributed by atoms with E-state index in [0.717, 1.165) is 11.3 Å². The van der Waals surface area contributed by atoms with Crippen LogP contribution >= 0.6 is 0 Å². The minimum absolute atomic E-state index is 0.172. The van der Waals surface area contributed by atoms with Gasteiger partial charge in [-0.25, -0.2) is 4.79 Å². The summed E-state index contributed by atoms with van der Waals surface area (Å²) in [5.74, 6) is 0.322. The van der Waals surface area contributed by atoms with Crippen molar-refractivity contribution in [1.82, 2.24) is 5.32 Å². The summed E-state index contributed by atoms with van der Waals surface area (Å²) in [5.41, 5.74) is 1.01. The van der Waals surface area contributed by atoms with Crippen molar-refractivity contribution < 1.29 is 24.1 Å². The Kier molecular flexibility index (Phi) is 5.32. The Morgan fingerprint density at radius 3 is 2.50 bits per heavy atom. The number of hydrogen-bond donors (Lipinski definition) is 2. The van der Waals surface area contributed by atoms with E-state index in [2.05, 4.69) is 10.1 Å². The molecule has 1 aromatic carbocycles. The minimum atomic E-state index is -0.764. The molecule has 0 spiro atoms. The first-order valence-corrected chi connectivity index (χ1v) is 6.94. The molecule has 0 saturated carbocycles. The number of nitrogens with two attached hydrogens (primary N) is 1. The molecule has 0 bridgehead atoms. The highest BCUT2D eigenvalue weighted by Gasteiger charge is 2.27. The lowest BCUT2D eigenvalue weighted by atomic mass is 10.0. The lowest BCUT2D eigenvalue weighted by Gasteiger charge is -2.18. The standard InChI is InChI=1S/C16H18N2O4/c1-11(15(19)18-16(20)21-2)17-14(13-9-6-10-22-13)12-7-4-3-5-8-12/h3-11,14,17H,1-2H3,(H,18,19,20)/p+1/t11-,14+/m0/s1. The second kappa shape index (κ2) is 7.42. The van der Waals surface area contributed by atoms with E-state index in [4.69, 9.17) is 4.42 Å². The highest BCUT2D eigenvalue weighted by molar-refractivity contribution is 5.93. The quantitative estimate of drug-likeness (QED) is 0.869. The Hall–Kier alpha value is -2.60. The van der Waals surface area contributed by atoms with Crippen LogP contribution in [0, 0.1) is 0 Å². The molecule has 2 rings (SSSR count). The maximum atomic E-state index is 12.0. The number of furan rings is 1. The summed E-state index contributed by atoms with van der Waals surface area (Å²) in [7, 11) is 1.21. The van der Waals surface area contributed by atoms with Crippen LogP contribution in [0.2, 0.25) is 0 Å². The van der Waals surface area contributed by atoms with Crippen molar-refractivity contribution >= 4 is 12.0 Å². The summed E-state index contributed by atoms with van der Waals surface area (Å²) in [6, 6.07) is 12.7. The number of alkyl carbamates (subject to hydrolysis) is 1. The molecule has 1 heterocycles. The number of carbonyl (C=O) groups excluding carboxylic acids is 2. The molecule has 2 aromatic rings. The Labute approximate surface area is 128 Å². The van der Waals surface area contributed by atoms with Crippen LogP contribution in [0.5, 0.6) is 0 Å². The SMILES string of the molecule is COC(=O)NC(=O)[C@H](C)[NH2+][C@H](c1ccccc1)c1ccco1. The predicted molar refractivity (Wildman–Crippen MR) is 78.9 cm³/mol. The molecular formula is C16H19N2O4+. The van der Waals surface area contributed by atoms with E-state index < -0.39 is 18.0 Å². The number of ether oxygens (including phenoxy) is 1. The average Bonchev–Trinajstić information content (AvgIpc) is 3.07. The lowest BCUT2D eigenvalue weighted by molar-refractivity contribution is -0.706. The van der Waals surface area contributed by atoms with Crippen molar-refractivity contribution in [1.29, 1.82) is 0 Å². The number of hydrogen-bond acceptors (Lipinski definition) is 4. The van der Waals surface area contributed by atoms with Gasteiger partial charge in [0.05, 0.1) is 13.4 Å². The van der Waals surface area contributed by atoms with Gasteiger partial charge in [-0.15, -0.1) is 0 Å². The van der Waals surface area contributed by atoms with Crippen molar-refractivity contribution in [2.24, 2.45) is 0 Å². The number of nitrogens with one attached hydrogen (secondary N) is 1. The van der Waals surface area contributed by atoms with Crippen LogP contribution in [-0.4, -0.2) is 25.2 Å². The van der Waals surface area contributed by atoms with Gasteiger partial charge in [-0.05, 0) is 19.1 Å². The van der Waals surface area contributed by atoms with Gasteiger partial charge < -0.3 is 14.5 Å². The molecule has 3 N–H and O–H groups in total. The molecule has 0 aliphatic heterocycles. The minimum Gasteiger partial charge on any atom is -0.463 e. The number of carbonyl (C=O) groups is 2. The highest BCUT2D eigenvalue weighted by atomic mass is 16.5. The van der Waals surface area contributed by atoms with Crippen LogP contribution in [-0.2, 0) is 9.53 Å². The maximum absolute atomic E-state index is 12.0. The number of rotatable bonds is 5. The van der Waals surface area contributed by atoms with Crippen LogP contribution < -0.4 is 10.6 Å². The van der Waals surface area contributed by atoms with E-state index in [0.29, 0.717) is 0 Å². The van der Waals surface area contributed by atoms with Crippen molar-refractivity contribution in [3.63, 3.8) is 0 Å². The third kappa shape index (κ3) is 3.95. The first-order chi connectivity index (χ1) is 10.6. The zero-order valence-electron chi connectivity index (χ0n) is 12.5. The summed E-state index contributed by atoms with van der Waals surface area (Å²) >= 11 is 0. The van der Waals surface area contributed by atoms with Crippen LogP contribution in [0.4, 0.5) is 4.79 Å². The second-order valence-electron chi connectivity index (χ2n) is 4.87. The van der Waals surface area contributed by atoms with Gasteiger partial charge in [-0.3, -0.25) is 10.1 Å². The highest BCUT2D eigenvalue weighted by Crippen LogP contribution is 2.18. The maximum Gasteiger partial charge on any atom is 0.413 e. The summed E-state index contributed by atoms with van der Waals surface area (Å²) in [5, 5.41) is 4.01. The third-order valence-corrected chi connectivity index (χ3v) is 3.31. The Morgan fingerprint density at radius 1 is 1.18 bits per heavy atom. The topological polar surface area (TPSA) is 85.1 Å². The first kappa shape index (κ1) is 15.8. The number of imide groups is 1. The molecule has 2 atom stereocenters. The molecule has 0 aliphatic carbocycles. The van der Waals surface area contributed by atoms with Gasteiger partial charge >= 0.3 is 6.09 Å². The number of methoxy groups -OCH3 is 1. The third-order valence-electron chi connectivity index (χ3n) is 3.31. The van der Waals surface area contributed by atoms with Crippen molar-refractivity contribution in [3.05, 3.63) is 60.1 Å². The average molecular weight is 303 g/mol. The fourth-order valence-corrected chi connectivity index (χ4v) is 2.14. The fraction of sp³-hybridized carbons (Fsp3) is 0.250. The molecule has 1 aromatic heterocycles. The van der Waals surface area contributed by atoms with Crippen molar-refractivity contribution in [2.45, 2.75) is 19.0 Å². The zero-order valence-corrected chi connectivity index (χ0v) is 12.5. The summed E-state index contributed by atoms with van der Waals surface area (Å²) < 4.78 is 9.91. The zero-order chi connectivity index (χ0) is 15.9. The van der Waals surface area contributed by atoms with Gasteiger partial charge in [0.15, 0.2) is 17.8 Å². The molecule has 116 valence electrons. The van der Waals surface area contributed by atoms with Crippen molar-refractivity contribution in [2.75, 3.05) is 7.11 Å². The Balaban J connectivity index is 2.14. The number of benzene rings is 1. The Bertz CT molecular complexity index is 610. The van der Waals surface area contributed by atoms with Gasteiger partial charge in [-0.2, -0.15) is 0 Å².